The molecule has 0 spiro atoms. The Hall–Kier alpha value is -1.40. The number of hydrogen-bond acceptors (Lipinski definition) is 4. The van der Waals surface area contributed by atoms with Crippen LogP contribution in [0.5, 0.6) is 0 Å². The van der Waals surface area contributed by atoms with Crippen LogP contribution in [0, 0.1) is 0 Å². The summed E-state index contributed by atoms with van der Waals surface area (Å²) in [6.07, 6.45) is -0.628. The van der Waals surface area contributed by atoms with E-state index >= 15 is 0 Å². The van der Waals surface area contributed by atoms with Crippen molar-refractivity contribution in [2.45, 2.75) is 32.4 Å². The maximum atomic E-state index is 12.1. The lowest BCUT2D eigenvalue weighted by molar-refractivity contribution is 0.0362. The lowest BCUT2D eigenvalue weighted by Crippen LogP contribution is -2.37. The fourth-order valence-corrected chi connectivity index (χ4v) is 2.66. The molecule has 1 aliphatic rings. The third-order valence-electron chi connectivity index (χ3n) is 2.53. The Morgan fingerprint density at radius 1 is 1.37 bits per heavy atom. The molecule has 1 fully saturated rings. The van der Waals surface area contributed by atoms with Gasteiger partial charge in [-0.1, -0.05) is 30.3 Å². The number of rotatable bonds is 1. The Labute approximate surface area is 115 Å². The minimum absolute atomic E-state index is 0.204. The second-order valence-electron chi connectivity index (χ2n) is 5.23. The van der Waals surface area contributed by atoms with Crippen LogP contribution in [0.4, 0.5) is 4.79 Å². The van der Waals surface area contributed by atoms with Gasteiger partial charge in [-0.3, -0.25) is 4.18 Å². The molecule has 2 atom stereocenters. The molecule has 1 aromatic rings. The van der Waals surface area contributed by atoms with Gasteiger partial charge < -0.3 is 4.74 Å². The SMILES string of the molecule is CC(C)(C)OC(=O)N1[C@@H](c2ccccc2)COS1=O. The molecule has 0 saturated carbocycles. The Morgan fingerprint density at radius 2 is 2.00 bits per heavy atom. The van der Waals surface area contributed by atoms with Gasteiger partial charge in [0.15, 0.2) is 0 Å². The van der Waals surface area contributed by atoms with Crippen LogP contribution in [0.25, 0.3) is 0 Å². The Morgan fingerprint density at radius 3 is 2.58 bits per heavy atom. The molecule has 0 N–H and O–H groups in total. The molecule has 104 valence electrons. The zero-order valence-corrected chi connectivity index (χ0v) is 12.0. The van der Waals surface area contributed by atoms with Crippen LogP contribution >= 0.6 is 0 Å². The summed E-state index contributed by atoms with van der Waals surface area (Å²) in [6, 6.07) is 8.97. The van der Waals surface area contributed by atoms with Crippen LogP contribution in [-0.2, 0) is 20.2 Å². The van der Waals surface area contributed by atoms with Crippen molar-refractivity contribution in [3.8, 4) is 0 Å². The first-order valence-electron chi connectivity index (χ1n) is 6.01. The maximum absolute atomic E-state index is 12.1. The van der Waals surface area contributed by atoms with Gasteiger partial charge in [0.2, 0.25) is 0 Å². The van der Waals surface area contributed by atoms with Crippen molar-refractivity contribution in [2.24, 2.45) is 0 Å². The van der Waals surface area contributed by atoms with Gasteiger partial charge in [0.05, 0.1) is 6.61 Å². The molecule has 1 unspecified atom stereocenters. The Bertz CT molecular complexity index is 483. The maximum Gasteiger partial charge on any atom is 0.424 e. The van der Waals surface area contributed by atoms with E-state index in [4.69, 9.17) is 8.92 Å². The van der Waals surface area contributed by atoms with E-state index in [1.807, 2.05) is 30.3 Å². The zero-order valence-electron chi connectivity index (χ0n) is 11.2. The summed E-state index contributed by atoms with van der Waals surface area (Å²) in [4.78, 5) is 12.1. The molecule has 0 aromatic heterocycles. The summed E-state index contributed by atoms with van der Waals surface area (Å²) in [6.45, 7) is 5.50. The molecule has 1 saturated heterocycles. The van der Waals surface area contributed by atoms with Gasteiger partial charge in [-0.15, -0.1) is 0 Å². The van der Waals surface area contributed by atoms with Crippen LogP contribution in [0.1, 0.15) is 32.4 Å². The number of carbonyl (C=O) groups is 1. The molecule has 19 heavy (non-hydrogen) atoms. The fourth-order valence-electron chi connectivity index (χ4n) is 1.75. The average Bonchev–Trinajstić information content (AvgIpc) is 2.70. The summed E-state index contributed by atoms with van der Waals surface area (Å²) < 4.78 is 23.3. The van der Waals surface area contributed by atoms with Crippen LogP contribution in [0.2, 0.25) is 0 Å². The molecule has 1 aromatic carbocycles. The average molecular weight is 283 g/mol. The van der Waals surface area contributed by atoms with Gasteiger partial charge in [0, 0.05) is 0 Å². The molecule has 1 amide bonds. The Kier molecular flexibility index (Phi) is 3.91. The summed E-state index contributed by atoms with van der Waals surface area (Å²) in [5, 5.41) is 0. The first-order valence-corrected chi connectivity index (χ1v) is 7.04. The Balaban J connectivity index is 2.21. The summed E-state index contributed by atoms with van der Waals surface area (Å²) in [5.41, 5.74) is 0.240. The predicted octanol–water partition coefficient (Wildman–Crippen LogP) is 2.57. The first-order chi connectivity index (χ1) is 8.88. The van der Waals surface area contributed by atoms with E-state index in [-0.39, 0.29) is 12.6 Å². The van der Waals surface area contributed by atoms with Crippen molar-refractivity contribution in [2.75, 3.05) is 6.61 Å². The normalized spacial score (nSPS) is 23.4. The monoisotopic (exact) mass is 283 g/mol. The fraction of sp³-hybridized carbons (Fsp3) is 0.462. The van der Waals surface area contributed by atoms with Gasteiger partial charge >= 0.3 is 6.09 Å². The number of nitrogens with zero attached hydrogens (tertiary/aromatic N) is 1. The number of ether oxygens (including phenoxy) is 1. The minimum atomic E-state index is -1.80. The summed E-state index contributed by atoms with van der Waals surface area (Å²) in [5.74, 6) is 0. The lowest BCUT2D eigenvalue weighted by Gasteiger charge is -2.25. The van der Waals surface area contributed by atoms with E-state index in [2.05, 4.69) is 0 Å². The van der Waals surface area contributed by atoms with Crippen LogP contribution in [-0.4, -0.2) is 26.8 Å². The zero-order chi connectivity index (χ0) is 14.0. The first kappa shape index (κ1) is 14.0. The molecule has 5 nitrogen and oxygen atoms in total. The van der Waals surface area contributed by atoms with E-state index in [0.29, 0.717) is 0 Å². The van der Waals surface area contributed by atoms with E-state index in [9.17, 15) is 9.00 Å². The quantitative estimate of drug-likeness (QED) is 0.795. The van der Waals surface area contributed by atoms with E-state index in [0.717, 1.165) is 9.87 Å². The molecule has 0 aliphatic carbocycles. The largest absolute Gasteiger partial charge is 0.443 e. The highest BCUT2D eigenvalue weighted by atomic mass is 32.2. The molecule has 6 heteroatoms. The van der Waals surface area contributed by atoms with Crippen LogP contribution in [0.3, 0.4) is 0 Å². The molecular weight excluding hydrogens is 266 g/mol. The van der Waals surface area contributed by atoms with Gasteiger partial charge in [0.1, 0.15) is 11.6 Å². The standard InChI is InChI=1S/C13H17NO4S/c1-13(2,3)18-12(15)14-11(9-17-19(14)16)10-7-5-4-6-8-10/h4-8,11H,9H2,1-3H3/t11-,19?/m1/s1. The summed E-state index contributed by atoms with van der Waals surface area (Å²) >= 11 is -1.80. The van der Waals surface area contributed by atoms with Crippen LogP contribution in [0.15, 0.2) is 30.3 Å². The summed E-state index contributed by atoms with van der Waals surface area (Å²) in [7, 11) is 0. The highest BCUT2D eigenvalue weighted by Crippen LogP contribution is 2.30. The van der Waals surface area contributed by atoms with Gasteiger partial charge in [0.25, 0.3) is 11.3 Å². The van der Waals surface area contributed by atoms with Crippen molar-refractivity contribution in [3.63, 3.8) is 0 Å². The molecular formula is C13H17NO4S. The highest BCUT2D eigenvalue weighted by molar-refractivity contribution is 7.78. The second kappa shape index (κ2) is 5.30. The molecule has 1 aliphatic heterocycles. The van der Waals surface area contributed by atoms with E-state index < -0.39 is 23.0 Å². The van der Waals surface area contributed by atoms with E-state index in [1.54, 1.807) is 20.8 Å². The third kappa shape index (κ3) is 3.33. The molecule has 0 bridgehead atoms. The topological polar surface area (TPSA) is 55.8 Å². The number of hydrogen-bond donors (Lipinski definition) is 0. The van der Waals surface area contributed by atoms with Crippen molar-refractivity contribution < 1.29 is 17.9 Å². The van der Waals surface area contributed by atoms with E-state index in [1.165, 1.54) is 0 Å². The van der Waals surface area contributed by atoms with Crippen molar-refractivity contribution in [1.82, 2.24) is 4.31 Å². The lowest BCUT2D eigenvalue weighted by atomic mass is 10.1. The van der Waals surface area contributed by atoms with Crippen LogP contribution < -0.4 is 0 Å². The minimum Gasteiger partial charge on any atom is -0.443 e. The van der Waals surface area contributed by atoms with Gasteiger partial charge in [-0.25, -0.2) is 9.00 Å². The van der Waals surface area contributed by atoms with Gasteiger partial charge in [-0.2, -0.15) is 4.31 Å². The third-order valence-corrected chi connectivity index (χ3v) is 3.59. The second-order valence-corrected chi connectivity index (χ2v) is 6.30. The number of amides is 1. The van der Waals surface area contributed by atoms with Crippen molar-refractivity contribution >= 4 is 17.4 Å². The number of benzene rings is 1. The van der Waals surface area contributed by atoms with Crippen molar-refractivity contribution in [1.29, 1.82) is 0 Å². The number of carbonyl (C=O) groups excluding carboxylic acids is 1. The highest BCUT2D eigenvalue weighted by Gasteiger charge is 2.40. The predicted molar refractivity (Wildman–Crippen MR) is 71.4 cm³/mol. The van der Waals surface area contributed by atoms with Gasteiger partial charge in [-0.05, 0) is 26.3 Å². The molecule has 1 heterocycles. The molecule has 2 rings (SSSR count). The smallest absolute Gasteiger partial charge is 0.424 e. The van der Waals surface area contributed by atoms with Crippen molar-refractivity contribution in [3.05, 3.63) is 35.9 Å². The molecule has 0 radical (unpaired) electrons.